The minimum absolute atomic E-state index is 0.0243. The summed E-state index contributed by atoms with van der Waals surface area (Å²) < 4.78 is 1.21. The zero-order valence-corrected chi connectivity index (χ0v) is 10.8. The Hall–Kier alpha value is -1.92. The lowest BCUT2D eigenvalue weighted by Gasteiger charge is -2.20. The van der Waals surface area contributed by atoms with Gasteiger partial charge < -0.3 is 10.4 Å². The van der Waals surface area contributed by atoms with Crippen LogP contribution in [0.1, 0.15) is 37.7 Å². The van der Waals surface area contributed by atoms with Crippen molar-refractivity contribution in [2.24, 2.45) is 5.92 Å². The molecule has 1 atom stereocenters. The van der Waals surface area contributed by atoms with E-state index in [1.165, 1.54) is 10.9 Å². The molecule has 0 aliphatic rings. The molecule has 18 heavy (non-hydrogen) atoms. The highest BCUT2D eigenvalue weighted by Crippen LogP contribution is 2.05. The van der Waals surface area contributed by atoms with Gasteiger partial charge in [-0.15, -0.1) is 5.10 Å². The Labute approximate surface area is 105 Å². The third-order valence-electron chi connectivity index (χ3n) is 2.65. The van der Waals surface area contributed by atoms with Crippen LogP contribution in [-0.2, 0) is 11.3 Å². The van der Waals surface area contributed by atoms with Crippen LogP contribution in [0, 0.1) is 5.92 Å². The van der Waals surface area contributed by atoms with Gasteiger partial charge in [-0.05, 0) is 12.3 Å². The van der Waals surface area contributed by atoms with Gasteiger partial charge in [0, 0.05) is 6.04 Å². The number of amides is 1. The number of carbonyl (C=O) groups is 2. The van der Waals surface area contributed by atoms with Crippen molar-refractivity contribution in [3.63, 3.8) is 0 Å². The lowest BCUT2D eigenvalue weighted by atomic mass is 10.0. The first-order valence-electron chi connectivity index (χ1n) is 5.86. The number of carboxylic acids is 1. The average Bonchev–Trinajstić information content (AvgIpc) is 2.74. The van der Waals surface area contributed by atoms with E-state index in [2.05, 4.69) is 15.6 Å². The molecule has 0 aliphatic heterocycles. The molecule has 7 heteroatoms. The van der Waals surface area contributed by atoms with E-state index in [1.807, 2.05) is 20.8 Å². The summed E-state index contributed by atoms with van der Waals surface area (Å²) in [6.07, 6.45) is 2.08. The molecule has 0 aromatic carbocycles. The first-order valence-corrected chi connectivity index (χ1v) is 5.86. The van der Waals surface area contributed by atoms with E-state index in [0.29, 0.717) is 5.92 Å². The van der Waals surface area contributed by atoms with E-state index >= 15 is 0 Å². The number of aromatic nitrogens is 3. The summed E-state index contributed by atoms with van der Waals surface area (Å²) in [4.78, 5) is 22.3. The molecule has 1 amide bonds. The van der Waals surface area contributed by atoms with Crippen molar-refractivity contribution >= 4 is 11.9 Å². The molecule has 0 radical (unpaired) electrons. The summed E-state index contributed by atoms with van der Waals surface area (Å²) in [6.45, 7) is 6.05. The Morgan fingerprint density at radius 1 is 1.50 bits per heavy atom. The molecule has 0 saturated heterocycles. The van der Waals surface area contributed by atoms with E-state index < -0.39 is 5.97 Å². The monoisotopic (exact) mass is 254 g/mol. The number of nitrogens with zero attached hydrogens (tertiary/aromatic N) is 3. The number of carboxylic acid groups (broad SMARTS) is 1. The second-order valence-electron chi connectivity index (χ2n) is 4.43. The molecule has 1 unspecified atom stereocenters. The predicted octanol–water partition coefficient (Wildman–Crippen LogP) is 0.527. The molecule has 0 fully saturated rings. The summed E-state index contributed by atoms with van der Waals surface area (Å²) in [5.41, 5.74) is -0.168. The summed E-state index contributed by atoms with van der Waals surface area (Å²) in [5.74, 6) is -1.00. The fourth-order valence-corrected chi connectivity index (χ4v) is 1.61. The third-order valence-corrected chi connectivity index (χ3v) is 2.65. The second-order valence-corrected chi connectivity index (χ2v) is 4.43. The van der Waals surface area contributed by atoms with Gasteiger partial charge >= 0.3 is 5.97 Å². The van der Waals surface area contributed by atoms with E-state index in [-0.39, 0.29) is 24.2 Å². The van der Waals surface area contributed by atoms with E-state index in [1.54, 1.807) is 0 Å². The van der Waals surface area contributed by atoms with E-state index in [4.69, 9.17) is 5.11 Å². The van der Waals surface area contributed by atoms with Crippen molar-refractivity contribution in [2.75, 3.05) is 0 Å². The third kappa shape index (κ3) is 3.83. The van der Waals surface area contributed by atoms with Gasteiger partial charge in [0.15, 0.2) is 5.69 Å². The summed E-state index contributed by atoms with van der Waals surface area (Å²) in [5, 5.41) is 18.6. The lowest BCUT2D eigenvalue weighted by molar-refractivity contribution is -0.122. The van der Waals surface area contributed by atoms with Crippen LogP contribution in [0.2, 0.25) is 0 Å². The quantitative estimate of drug-likeness (QED) is 0.771. The van der Waals surface area contributed by atoms with Gasteiger partial charge in [-0.3, -0.25) is 4.79 Å². The number of nitrogens with one attached hydrogen (secondary N) is 1. The normalized spacial score (nSPS) is 12.4. The Morgan fingerprint density at radius 3 is 2.61 bits per heavy atom. The van der Waals surface area contributed by atoms with Crippen molar-refractivity contribution in [3.8, 4) is 0 Å². The molecular weight excluding hydrogens is 236 g/mol. The van der Waals surface area contributed by atoms with Gasteiger partial charge in [-0.2, -0.15) is 0 Å². The van der Waals surface area contributed by atoms with Crippen LogP contribution >= 0.6 is 0 Å². The zero-order valence-electron chi connectivity index (χ0n) is 10.8. The number of rotatable bonds is 6. The van der Waals surface area contributed by atoms with Crippen molar-refractivity contribution < 1.29 is 14.7 Å². The SMILES string of the molecule is CCC(NC(=O)Cn1cc(C(=O)O)nn1)C(C)C. The predicted molar refractivity (Wildman–Crippen MR) is 64.0 cm³/mol. The Morgan fingerprint density at radius 2 is 2.17 bits per heavy atom. The maximum Gasteiger partial charge on any atom is 0.358 e. The Balaban J connectivity index is 2.56. The van der Waals surface area contributed by atoms with Crippen molar-refractivity contribution in [2.45, 2.75) is 39.8 Å². The Kier molecular flexibility index (Phi) is 4.82. The summed E-state index contributed by atoms with van der Waals surface area (Å²) >= 11 is 0. The highest BCUT2D eigenvalue weighted by molar-refractivity contribution is 5.84. The van der Waals surface area contributed by atoms with Crippen molar-refractivity contribution in [1.82, 2.24) is 20.3 Å². The molecule has 7 nitrogen and oxygen atoms in total. The molecule has 2 N–H and O–H groups in total. The van der Waals surface area contributed by atoms with Crippen LogP contribution in [0.3, 0.4) is 0 Å². The topological polar surface area (TPSA) is 97.1 Å². The molecule has 0 saturated carbocycles. The molecule has 100 valence electrons. The van der Waals surface area contributed by atoms with Crippen LogP contribution in [0.5, 0.6) is 0 Å². The van der Waals surface area contributed by atoms with Crippen LogP contribution in [-0.4, -0.2) is 38.0 Å². The zero-order chi connectivity index (χ0) is 13.7. The van der Waals surface area contributed by atoms with Gasteiger partial charge in [0.05, 0.1) is 6.20 Å². The van der Waals surface area contributed by atoms with Crippen LogP contribution in [0.25, 0.3) is 0 Å². The fourth-order valence-electron chi connectivity index (χ4n) is 1.61. The summed E-state index contributed by atoms with van der Waals surface area (Å²) in [6, 6.07) is 0.111. The maximum atomic E-state index is 11.7. The van der Waals surface area contributed by atoms with Gasteiger partial charge in [-0.1, -0.05) is 26.0 Å². The molecule has 1 heterocycles. The minimum atomic E-state index is -1.16. The second kappa shape index (κ2) is 6.13. The average molecular weight is 254 g/mol. The molecule has 0 bridgehead atoms. The van der Waals surface area contributed by atoms with Gasteiger partial charge in [-0.25, -0.2) is 9.48 Å². The van der Waals surface area contributed by atoms with Gasteiger partial charge in [0.1, 0.15) is 6.54 Å². The molecular formula is C11H18N4O3. The number of aromatic carboxylic acids is 1. The minimum Gasteiger partial charge on any atom is -0.476 e. The van der Waals surface area contributed by atoms with Gasteiger partial charge in [0.2, 0.25) is 5.91 Å². The first-order chi connectivity index (χ1) is 8.43. The van der Waals surface area contributed by atoms with E-state index in [0.717, 1.165) is 6.42 Å². The molecule has 0 spiro atoms. The van der Waals surface area contributed by atoms with Crippen LogP contribution < -0.4 is 5.32 Å². The standard InChI is InChI=1S/C11H18N4O3/c1-4-8(7(2)3)12-10(16)6-15-5-9(11(17)18)13-14-15/h5,7-8H,4,6H2,1-3H3,(H,12,16)(H,17,18). The number of hydrogen-bond acceptors (Lipinski definition) is 4. The lowest BCUT2D eigenvalue weighted by Crippen LogP contribution is -2.39. The molecule has 0 aliphatic carbocycles. The molecule has 1 aromatic rings. The van der Waals surface area contributed by atoms with Crippen molar-refractivity contribution in [1.29, 1.82) is 0 Å². The summed E-state index contributed by atoms with van der Waals surface area (Å²) in [7, 11) is 0. The number of hydrogen-bond donors (Lipinski definition) is 2. The Bertz CT molecular complexity index is 428. The number of carbonyl (C=O) groups excluding carboxylic acids is 1. The first kappa shape index (κ1) is 14.1. The van der Waals surface area contributed by atoms with Crippen LogP contribution in [0.15, 0.2) is 6.20 Å². The largest absolute Gasteiger partial charge is 0.476 e. The highest BCUT2D eigenvalue weighted by Gasteiger charge is 2.15. The fraction of sp³-hybridized carbons (Fsp3) is 0.636. The van der Waals surface area contributed by atoms with Gasteiger partial charge in [0.25, 0.3) is 0 Å². The smallest absolute Gasteiger partial charge is 0.358 e. The molecule has 1 aromatic heterocycles. The maximum absolute atomic E-state index is 11.7. The van der Waals surface area contributed by atoms with E-state index in [9.17, 15) is 9.59 Å². The molecule has 1 rings (SSSR count). The highest BCUT2D eigenvalue weighted by atomic mass is 16.4. The van der Waals surface area contributed by atoms with Crippen molar-refractivity contribution in [3.05, 3.63) is 11.9 Å². The van der Waals surface area contributed by atoms with Crippen LogP contribution in [0.4, 0.5) is 0 Å².